The van der Waals surface area contributed by atoms with Gasteiger partial charge in [-0.1, -0.05) is 11.6 Å². The minimum absolute atomic E-state index is 0.0392. The third-order valence-electron chi connectivity index (χ3n) is 2.08. The second-order valence-corrected chi connectivity index (χ2v) is 3.51. The topological polar surface area (TPSA) is 49.8 Å². The lowest BCUT2D eigenvalue weighted by Crippen LogP contribution is -2.05. The number of carbonyl (C=O) groups is 1. The van der Waals surface area contributed by atoms with Crippen LogP contribution < -0.4 is 0 Å². The molecule has 1 heterocycles. The van der Waals surface area contributed by atoms with E-state index in [1.54, 1.807) is 0 Å². The van der Waals surface area contributed by atoms with Crippen LogP contribution in [-0.2, 0) is 9.53 Å². The molecule has 0 amide bonds. The lowest BCUT2D eigenvalue weighted by Gasteiger charge is -2.01. The quantitative estimate of drug-likeness (QED) is 0.630. The fourth-order valence-electron chi connectivity index (χ4n) is 1.29. The van der Waals surface area contributed by atoms with Crippen LogP contribution in [0.5, 0.6) is 0 Å². The number of hydrogen-bond donors (Lipinski definition) is 1. The number of carboxylic acid groups (broad SMARTS) is 1. The van der Waals surface area contributed by atoms with Crippen LogP contribution in [-0.4, -0.2) is 17.2 Å². The van der Waals surface area contributed by atoms with Crippen LogP contribution >= 0.6 is 11.6 Å². The van der Waals surface area contributed by atoms with Gasteiger partial charge in [-0.05, 0) is 12.1 Å². The molecule has 0 radical (unpaired) electrons. The Morgan fingerprint density at radius 2 is 2.00 bits per heavy atom. The van der Waals surface area contributed by atoms with Crippen LogP contribution in [0.1, 0.15) is 11.7 Å². The third kappa shape index (κ3) is 1.80. The van der Waals surface area contributed by atoms with Gasteiger partial charge in [0, 0.05) is 10.6 Å². The van der Waals surface area contributed by atoms with E-state index in [0.29, 0.717) is 0 Å². The van der Waals surface area contributed by atoms with E-state index in [2.05, 4.69) is 0 Å². The van der Waals surface area contributed by atoms with Crippen molar-refractivity contribution in [2.24, 2.45) is 0 Å². The second-order valence-electron chi connectivity index (χ2n) is 3.10. The fourth-order valence-corrected chi connectivity index (χ4v) is 1.55. The smallest absolute Gasteiger partial charge is 0.335 e. The number of halogens is 3. The van der Waals surface area contributed by atoms with Crippen molar-refractivity contribution >= 4 is 17.6 Å². The Morgan fingerprint density at radius 1 is 1.40 bits per heavy atom. The molecule has 3 nitrogen and oxygen atoms in total. The highest BCUT2D eigenvalue weighted by atomic mass is 35.5. The first kappa shape index (κ1) is 10.3. The summed E-state index contributed by atoms with van der Waals surface area (Å²) in [6.07, 6.45) is -1.81. The van der Waals surface area contributed by atoms with E-state index in [9.17, 15) is 13.6 Å². The van der Waals surface area contributed by atoms with E-state index in [1.165, 1.54) is 0 Å². The summed E-state index contributed by atoms with van der Waals surface area (Å²) < 4.78 is 30.3. The average molecular weight is 235 g/mol. The highest BCUT2D eigenvalue weighted by molar-refractivity contribution is 6.31. The summed E-state index contributed by atoms with van der Waals surface area (Å²) in [6, 6.07) is 1.65. The normalized spacial score (nSPS) is 23.9. The molecule has 0 spiro atoms. The first-order chi connectivity index (χ1) is 7.00. The van der Waals surface area contributed by atoms with Crippen molar-refractivity contribution < 1.29 is 23.4 Å². The first-order valence-corrected chi connectivity index (χ1v) is 4.41. The van der Waals surface area contributed by atoms with E-state index < -0.39 is 29.8 Å². The van der Waals surface area contributed by atoms with Crippen LogP contribution in [0.25, 0.3) is 0 Å². The van der Waals surface area contributed by atoms with Crippen LogP contribution in [0.3, 0.4) is 0 Å². The van der Waals surface area contributed by atoms with Gasteiger partial charge in [-0.2, -0.15) is 0 Å². The maximum atomic E-state index is 12.8. The molecule has 1 aromatic carbocycles. The summed E-state index contributed by atoms with van der Waals surface area (Å²) in [5, 5.41) is 8.52. The average Bonchev–Trinajstić information content (AvgIpc) is 2.90. The standard InChI is InChI=1S/C9H5ClF2O3/c10-4-2-6(12)5(11)1-3(4)7-8(15-7)9(13)14/h1-2,7-8H,(H,13,14)/t7-,8-/m1/s1. The molecule has 1 aliphatic rings. The zero-order chi connectivity index (χ0) is 11.2. The highest BCUT2D eigenvalue weighted by Gasteiger charge is 2.47. The summed E-state index contributed by atoms with van der Waals surface area (Å²) in [4.78, 5) is 10.5. The molecule has 0 aliphatic carbocycles. The molecule has 2 rings (SSSR count). The van der Waals surface area contributed by atoms with E-state index in [1.807, 2.05) is 0 Å². The Labute approximate surface area is 88.2 Å². The van der Waals surface area contributed by atoms with Gasteiger partial charge in [0.25, 0.3) is 0 Å². The van der Waals surface area contributed by atoms with Gasteiger partial charge in [0.15, 0.2) is 17.7 Å². The molecule has 0 saturated carbocycles. The number of ether oxygens (including phenoxy) is 1. The van der Waals surface area contributed by atoms with Crippen molar-refractivity contribution in [2.75, 3.05) is 0 Å². The van der Waals surface area contributed by atoms with Gasteiger partial charge in [-0.15, -0.1) is 0 Å². The number of benzene rings is 1. The molecule has 2 atom stereocenters. The number of carboxylic acids is 1. The monoisotopic (exact) mass is 234 g/mol. The largest absolute Gasteiger partial charge is 0.479 e. The van der Waals surface area contributed by atoms with Crippen LogP contribution in [0.4, 0.5) is 8.78 Å². The molecular weight excluding hydrogens is 230 g/mol. The molecule has 0 bridgehead atoms. The molecule has 1 fully saturated rings. The third-order valence-corrected chi connectivity index (χ3v) is 2.41. The summed E-state index contributed by atoms with van der Waals surface area (Å²) in [5.41, 5.74) is 0.156. The zero-order valence-electron chi connectivity index (χ0n) is 7.21. The van der Waals surface area contributed by atoms with Crippen LogP contribution in [0.2, 0.25) is 5.02 Å². The predicted octanol–water partition coefficient (Wildman–Crippen LogP) is 2.14. The molecule has 0 aromatic heterocycles. The molecule has 15 heavy (non-hydrogen) atoms. The Kier molecular flexibility index (Phi) is 2.36. The Bertz CT molecular complexity index is 436. The van der Waals surface area contributed by atoms with Crippen molar-refractivity contribution in [3.05, 3.63) is 34.4 Å². The summed E-state index contributed by atoms with van der Waals surface area (Å²) in [5.74, 6) is -3.30. The molecule has 1 aromatic rings. The molecule has 1 aliphatic heterocycles. The van der Waals surface area contributed by atoms with Crippen molar-refractivity contribution in [3.63, 3.8) is 0 Å². The number of rotatable bonds is 2. The van der Waals surface area contributed by atoms with E-state index in [0.717, 1.165) is 12.1 Å². The van der Waals surface area contributed by atoms with Gasteiger partial charge in [-0.25, -0.2) is 13.6 Å². The van der Waals surface area contributed by atoms with E-state index in [-0.39, 0.29) is 10.6 Å². The zero-order valence-corrected chi connectivity index (χ0v) is 7.96. The summed E-state index contributed by atoms with van der Waals surface area (Å²) in [6.45, 7) is 0. The molecule has 6 heteroatoms. The number of hydrogen-bond acceptors (Lipinski definition) is 2. The molecule has 80 valence electrons. The van der Waals surface area contributed by atoms with Crippen molar-refractivity contribution in [1.82, 2.24) is 0 Å². The first-order valence-electron chi connectivity index (χ1n) is 4.03. The number of epoxide rings is 1. The SMILES string of the molecule is O=C(O)[C@@H]1O[C@@H]1c1cc(F)c(F)cc1Cl. The number of aliphatic carboxylic acids is 1. The summed E-state index contributed by atoms with van der Waals surface area (Å²) >= 11 is 5.63. The van der Waals surface area contributed by atoms with Crippen molar-refractivity contribution in [1.29, 1.82) is 0 Å². The lowest BCUT2D eigenvalue weighted by molar-refractivity contribution is -0.138. The Hall–Kier alpha value is -1.20. The molecule has 0 unspecified atom stereocenters. The maximum Gasteiger partial charge on any atom is 0.335 e. The maximum absolute atomic E-state index is 12.8. The molecule has 1 N–H and O–H groups in total. The van der Waals surface area contributed by atoms with E-state index >= 15 is 0 Å². The lowest BCUT2D eigenvalue weighted by atomic mass is 10.1. The van der Waals surface area contributed by atoms with Gasteiger partial charge >= 0.3 is 5.97 Å². The van der Waals surface area contributed by atoms with E-state index in [4.69, 9.17) is 21.4 Å². The molecule has 1 saturated heterocycles. The van der Waals surface area contributed by atoms with Gasteiger partial charge < -0.3 is 9.84 Å². The fraction of sp³-hybridized carbons (Fsp3) is 0.222. The van der Waals surface area contributed by atoms with Crippen LogP contribution in [0, 0.1) is 11.6 Å². The minimum Gasteiger partial charge on any atom is -0.479 e. The predicted molar refractivity (Wildman–Crippen MR) is 46.6 cm³/mol. The Balaban J connectivity index is 2.31. The van der Waals surface area contributed by atoms with Crippen molar-refractivity contribution in [2.45, 2.75) is 12.2 Å². The van der Waals surface area contributed by atoms with Gasteiger partial charge in [0.05, 0.1) is 0 Å². The minimum atomic E-state index is -1.15. The van der Waals surface area contributed by atoms with Crippen molar-refractivity contribution in [3.8, 4) is 0 Å². The van der Waals surface area contributed by atoms with Gasteiger partial charge in [0.2, 0.25) is 0 Å². The molecular formula is C9H5ClF2O3. The summed E-state index contributed by atoms with van der Waals surface area (Å²) in [7, 11) is 0. The van der Waals surface area contributed by atoms with Crippen LogP contribution in [0.15, 0.2) is 12.1 Å². The highest BCUT2D eigenvalue weighted by Crippen LogP contribution is 2.42. The van der Waals surface area contributed by atoms with Gasteiger partial charge in [-0.3, -0.25) is 0 Å². The van der Waals surface area contributed by atoms with Gasteiger partial charge in [0.1, 0.15) is 6.10 Å². The second kappa shape index (κ2) is 3.43. The Morgan fingerprint density at radius 3 is 2.53 bits per heavy atom.